The van der Waals surface area contributed by atoms with Crippen molar-refractivity contribution >= 4 is 39.2 Å². The van der Waals surface area contributed by atoms with E-state index in [1.165, 1.54) is 0 Å². The third-order valence-electron chi connectivity index (χ3n) is 2.67. The summed E-state index contributed by atoms with van der Waals surface area (Å²) in [4.78, 5) is 25.6. The largest absolute Gasteiger partial charge is 0.480 e. The molecule has 0 spiro atoms. The topological polar surface area (TPSA) is 60.9 Å². The predicted molar refractivity (Wildman–Crippen MR) is 67.4 cm³/mol. The van der Waals surface area contributed by atoms with E-state index in [2.05, 4.69) is 15.9 Å². The molecule has 0 unspecified atom stereocenters. The summed E-state index contributed by atoms with van der Waals surface area (Å²) in [5, 5.41) is 8.82. The first-order chi connectivity index (χ1) is 7.99. The molecule has 1 N–H and O–H groups in total. The molecule has 0 atom stereocenters. The summed E-state index contributed by atoms with van der Waals surface area (Å²) in [6.45, 7) is -0.0777. The van der Waals surface area contributed by atoms with E-state index in [-0.39, 0.29) is 19.0 Å². The highest BCUT2D eigenvalue weighted by Crippen LogP contribution is 2.34. The van der Waals surface area contributed by atoms with Crippen molar-refractivity contribution in [2.24, 2.45) is 0 Å². The van der Waals surface area contributed by atoms with Crippen molar-refractivity contribution in [2.75, 3.05) is 29.9 Å². The molecule has 5 nitrogen and oxygen atoms in total. The molecule has 1 heterocycles. The van der Waals surface area contributed by atoms with Gasteiger partial charge in [0.1, 0.15) is 6.54 Å². The van der Waals surface area contributed by atoms with Crippen molar-refractivity contribution in [1.29, 1.82) is 0 Å². The molecule has 1 aromatic carbocycles. The fourth-order valence-electron chi connectivity index (χ4n) is 1.83. The molecular weight excluding hydrogens is 288 g/mol. The van der Waals surface area contributed by atoms with E-state index in [0.717, 1.165) is 15.8 Å². The van der Waals surface area contributed by atoms with Gasteiger partial charge in [-0.2, -0.15) is 0 Å². The summed E-state index contributed by atoms with van der Waals surface area (Å²) in [6, 6.07) is 5.45. The molecular formula is C11H11BrN2O3. The number of carboxylic acids is 1. The van der Waals surface area contributed by atoms with Crippen LogP contribution in [0.3, 0.4) is 0 Å². The van der Waals surface area contributed by atoms with E-state index in [1.807, 2.05) is 12.1 Å². The lowest BCUT2D eigenvalue weighted by Gasteiger charge is -2.34. The highest BCUT2D eigenvalue weighted by atomic mass is 79.9. The second kappa shape index (κ2) is 4.37. The number of benzene rings is 1. The van der Waals surface area contributed by atoms with Gasteiger partial charge >= 0.3 is 5.97 Å². The first-order valence-electron chi connectivity index (χ1n) is 5.02. The van der Waals surface area contributed by atoms with Crippen molar-refractivity contribution in [3.63, 3.8) is 0 Å². The third kappa shape index (κ3) is 2.26. The Hall–Kier alpha value is -1.56. The maximum absolute atomic E-state index is 11.7. The minimum absolute atomic E-state index is 0.0947. The number of hydrogen-bond acceptors (Lipinski definition) is 3. The maximum atomic E-state index is 11.7. The number of hydrogen-bond donors (Lipinski definition) is 1. The molecule has 1 aliphatic heterocycles. The van der Waals surface area contributed by atoms with Crippen LogP contribution >= 0.6 is 15.9 Å². The van der Waals surface area contributed by atoms with Crippen LogP contribution in [0.25, 0.3) is 0 Å². The standard InChI is InChI=1S/C11H11BrN2O3/c1-13-9-4-7(12)2-3-8(9)14(5-10(13)15)6-11(16)17/h2-4H,5-6H2,1H3,(H,16,17). The van der Waals surface area contributed by atoms with Gasteiger partial charge in [-0.1, -0.05) is 15.9 Å². The molecule has 0 aliphatic carbocycles. The van der Waals surface area contributed by atoms with Gasteiger partial charge < -0.3 is 14.9 Å². The Labute approximate surface area is 107 Å². The van der Waals surface area contributed by atoms with Crippen molar-refractivity contribution < 1.29 is 14.7 Å². The van der Waals surface area contributed by atoms with E-state index >= 15 is 0 Å². The van der Waals surface area contributed by atoms with Crippen LogP contribution in [0.4, 0.5) is 11.4 Å². The number of nitrogens with zero attached hydrogens (tertiary/aromatic N) is 2. The normalized spacial score (nSPS) is 14.8. The van der Waals surface area contributed by atoms with Gasteiger partial charge in [0.15, 0.2) is 0 Å². The van der Waals surface area contributed by atoms with Crippen molar-refractivity contribution in [3.8, 4) is 0 Å². The summed E-state index contributed by atoms with van der Waals surface area (Å²) in [6.07, 6.45) is 0. The first-order valence-corrected chi connectivity index (χ1v) is 5.81. The average Bonchev–Trinajstić information content (AvgIpc) is 2.24. The van der Waals surface area contributed by atoms with Crippen molar-refractivity contribution in [1.82, 2.24) is 0 Å². The SMILES string of the molecule is CN1C(=O)CN(CC(=O)O)c2ccc(Br)cc21. The first kappa shape index (κ1) is 11.9. The van der Waals surface area contributed by atoms with Crippen LogP contribution in [-0.4, -0.2) is 37.1 Å². The van der Waals surface area contributed by atoms with Crippen LogP contribution in [-0.2, 0) is 9.59 Å². The summed E-state index contributed by atoms with van der Waals surface area (Å²) in [7, 11) is 1.69. The molecule has 0 radical (unpaired) electrons. The van der Waals surface area contributed by atoms with Crippen LogP contribution in [0.1, 0.15) is 0 Å². The number of amides is 1. The van der Waals surface area contributed by atoms with Gasteiger partial charge in [0.25, 0.3) is 0 Å². The lowest BCUT2D eigenvalue weighted by Crippen LogP contribution is -2.45. The monoisotopic (exact) mass is 298 g/mol. The minimum atomic E-state index is -0.948. The number of likely N-dealkylation sites (N-methyl/N-ethyl adjacent to an activating group) is 1. The summed E-state index contributed by atoms with van der Waals surface area (Å²) in [5.74, 6) is -1.06. The number of carboxylic acid groups (broad SMARTS) is 1. The molecule has 0 aromatic heterocycles. The van der Waals surface area contributed by atoms with E-state index < -0.39 is 5.97 Å². The van der Waals surface area contributed by atoms with E-state index in [9.17, 15) is 9.59 Å². The summed E-state index contributed by atoms with van der Waals surface area (Å²) < 4.78 is 0.855. The van der Waals surface area contributed by atoms with Crippen molar-refractivity contribution in [3.05, 3.63) is 22.7 Å². The quantitative estimate of drug-likeness (QED) is 0.894. The number of fused-ring (bicyclic) bond motifs is 1. The number of anilines is 2. The van der Waals surface area contributed by atoms with Gasteiger partial charge in [-0.25, -0.2) is 0 Å². The van der Waals surface area contributed by atoms with Crippen LogP contribution in [0, 0.1) is 0 Å². The maximum Gasteiger partial charge on any atom is 0.323 e. The van der Waals surface area contributed by atoms with Gasteiger partial charge in [-0.15, -0.1) is 0 Å². The Bertz CT molecular complexity index is 490. The Balaban J connectivity index is 2.45. The number of halogens is 1. The number of rotatable bonds is 2. The smallest absolute Gasteiger partial charge is 0.323 e. The number of carbonyl (C=O) groups excluding carboxylic acids is 1. The van der Waals surface area contributed by atoms with Crippen molar-refractivity contribution in [2.45, 2.75) is 0 Å². The van der Waals surface area contributed by atoms with Crippen LogP contribution in [0.5, 0.6) is 0 Å². The van der Waals surface area contributed by atoms with Gasteiger partial charge in [0, 0.05) is 11.5 Å². The van der Waals surface area contributed by atoms with E-state index in [1.54, 1.807) is 22.9 Å². The Morgan fingerprint density at radius 3 is 2.82 bits per heavy atom. The van der Waals surface area contributed by atoms with Gasteiger partial charge in [-0.3, -0.25) is 9.59 Å². The molecule has 0 saturated carbocycles. The summed E-state index contributed by atoms with van der Waals surface area (Å²) in [5.41, 5.74) is 1.48. The molecule has 90 valence electrons. The molecule has 1 aliphatic rings. The van der Waals surface area contributed by atoms with Crippen LogP contribution in [0.2, 0.25) is 0 Å². The lowest BCUT2D eigenvalue weighted by molar-refractivity contribution is -0.135. The second-order valence-corrected chi connectivity index (χ2v) is 4.75. The van der Waals surface area contributed by atoms with E-state index in [0.29, 0.717) is 0 Å². The highest BCUT2D eigenvalue weighted by Gasteiger charge is 2.27. The van der Waals surface area contributed by atoms with Crippen LogP contribution in [0.15, 0.2) is 22.7 Å². The molecule has 17 heavy (non-hydrogen) atoms. The number of aliphatic carboxylic acids is 1. The Morgan fingerprint density at radius 2 is 2.18 bits per heavy atom. The Morgan fingerprint density at radius 1 is 1.47 bits per heavy atom. The molecule has 0 fully saturated rings. The summed E-state index contributed by atoms with van der Waals surface area (Å²) >= 11 is 3.34. The lowest BCUT2D eigenvalue weighted by atomic mass is 10.1. The zero-order valence-corrected chi connectivity index (χ0v) is 10.8. The van der Waals surface area contributed by atoms with Gasteiger partial charge in [0.05, 0.1) is 17.9 Å². The second-order valence-electron chi connectivity index (χ2n) is 3.84. The predicted octanol–water partition coefficient (Wildman–Crippen LogP) is 1.32. The zero-order chi connectivity index (χ0) is 12.6. The molecule has 0 saturated heterocycles. The fourth-order valence-corrected chi connectivity index (χ4v) is 2.17. The molecule has 1 amide bonds. The highest BCUT2D eigenvalue weighted by molar-refractivity contribution is 9.10. The fraction of sp³-hybridized carbons (Fsp3) is 0.273. The van der Waals surface area contributed by atoms with E-state index in [4.69, 9.17) is 5.11 Å². The molecule has 2 rings (SSSR count). The molecule has 6 heteroatoms. The molecule has 0 bridgehead atoms. The minimum Gasteiger partial charge on any atom is -0.480 e. The third-order valence-corrected chi connectivity index (χ3v) is 3.16. The Kier molecular flexibility index (Phi) is 3.06. The number of carbonyl (C=O) groups is 2. The van der Waals surface area contributed by atoms with Gasteiger partial charge in [-0.05, 0) is 18.2 Å². The zero-order valence-electron chi connectivity index (χ0n) is 9.18. The van der Waals surface area contributed by atoms with Gasteiger partial charge in [0.2, 0.25) is 5.91 Å². The molecule has 1 aromatic rings. The van der Waals surface area contributed by atoms with Crippen LogP contribution < -0.4 is 9.80 Å². The average molecular weight is 299 g/mol.